The summed E-state index contributed by atoms with van der Waals surface area (Å²) < 4.78 is 18.3. The van der Waals surface area contributed by atoms with Crippen molar-refractivity contribution < 1.29 is 18.1 Å². The van der Waals surface area contributed by atoms with Gasteiger partial charge in [-0.2, -0.15) is 0 Å². The lowest BCUT2D eigenvalue weighted by Crippen LogP contribution is -2.43. The summed E-state index contributed by atoms with van der Waals surface area (Å²) in [5.74, 6) is 0.600. The first-order valence-corrected chi connectivity index (χ1v) is 15.3. The Balaban J connectivity index is 1.71. The van der Waals surface area contributed by atoms with Gasteiger partial charge in [-0.15, -0.1) is 0 Å². The van der Waals surface area contributed by atoms with Crippen molar-refractivity contribution in [3.05, 3.63) is 100 Å². The molecule has 0 spiro atoms. The summed E-state index contributed by atoms with van der Waals surface area (Å²) >= 11 is 0. The standard InChI is InChI=1S/C31H30O5Si/c1-19-17-25(32)35-29-23(19)15-16-24-27(29)26(20-11-8-7-9-12-20)30(34-24)28(33)21-13-10-14-22(18-21)36-37(5,6)31(2,3)4/h7-18H,1-6H3. The number of carbonyl (C=O) groups excluding carboxylic acids is 1. The largest absolute Gasteiger partial charge is 0.543 e. The van der Waals surface area contributed by atoms with E-state index in [1.807, 2.05) is 61.5 Å². The van der Waals surface area contributed by atoms with E-state index in [1.54, 1.807) is 12.1 Å². The monoisotopic (exact) mass is 510 g/mol. The highest BCUT2D eigenvalue weighted by Gasteiger charge is 2.39. The number of ketones is 1. The highest BCUT2D eigenvalue weighted by atomic mass is 28.4. The number of rotatable bonds is 5. The molecular weight excluding hydrogens is 480 g/mol. The SMILES string of the molecule is Cc1cc(=O)oc2c1ccc1oc(C(=O)c3cccc(O[Si](C)(C)C(C)(C)C)c3)c(-c3ccccc3)c12. The van der Waals surface area contributed by atoms with Crippen molar-refractivity contribution in [2.75, 3.05) is 0 Å². The Kier molecular flexibility index (Phi) is 5.95. The summed E-state index contributed by atoms with van der Waals surface area (Å²) in [5.41, 5.74) is 3.13. The fraction of sp³-hybridized carbons (Fsp3) is 0.226. The van der Waals surface area contributed by atoms with Crippen LogP contribution in [0.25, 0.3) is 33.1 Å². The fourth-order valence-corrected chi connectivity index (χ4v) is 5.30. The minimum Gasteiger partial charge on any atom is -0.543 e. The molecule has 0 bridgehead atoms. The van der Waals surface area contributed by atoms with Crippen molar-refractivity contribution in [3.63, 3.8) is 0 Å². The first-order chi connectivity index (χ1) is 17.5. The zero-order valence-corrected chi connectivity index (χ0v) is 23.0. The van der Waals surface area contributed by atoms with Crippen LogP contribution >= 0.6 is 0 Å². The van der Waals surface area contributed by atoms with Crippen LogP contribution < -0.4 is 10.1 Å². The van der Waals surface area contributed by atoms with Crippen molar-refractivity contribution in [2.45, 2.75) is 45.8 Å². The highest BCUT2D eigenvalue weighted by Crippen LogP contribution is 2.41. The number of aryl methyl sites for hydroxylation is 1. The average Bonchev–Trinajstić information content (AvgIpc) is 3.23. The van der Waals surface area contributed by atoms with Gasteiger partial charge in [0.2, 0.25) is 14.1 Å². The van der Waals surface area contributed by atoms with Gasteiger partial charge in [0.05, 0.1) is 5.39 Å². The number of fused-ring (bicyclic) bond motifs is 3. The summed E-state index contributed by atoms with van der Waals surface area (Å²) in [7, 11) is -2.09. The lowest BCUT2D eigenvalue weighted by atomic mass is 9.96. The Morgan fingerprint density at radius 1 is 0.892 bits per heavy atom. The Morgan fingerprint density at radius 2 is 1.62 bits per heavy atom. The van der Waals surface area contributed by atoms with Crippen molar-refractivity contribution in [1.82, 2.24) is 0 Å². The Bertz CT molecular complexity index is 1700. The van der Waals surface area contributed by atoms with Crippen molar-refractivity contribution in [3.8, 4) is 16.9 Å². The minimum absolute atomic E-state index is 0.0231. The molecule has 5 rings (SSSR count). The molecule has 0 amide bonds. The third-order valence-corrected chi connectivity index (χ3v) is 11.7. The van der Waals surface area contributed by atoms with Crippen LogP contribution in [0.1, 0.15) is 42.5 Å². The van der Waals surface area contributed by atoms with Gasteiger partial charge in [-0.3, -0.25) is 4.79 Å². The Hall–Kier alpha value is -3.90. The van der Waals surface area contributed by atoms with Crippen molar-refractivity contribution >= 4 is 36.0 Å². The van der Waals surface area contributed by atoms with E-state index >= 15 is 0 Å². The van der Waals surface area contributed by atoms with Gasteiger partial charge in [0, 0.05) is 22.6 Å². The maximum absolute atomic E-state index is 14.0. The summed E-state index contributed by atoms with van der Waals surface area (Å²) in [4.78, 5) is 26.3. The van der Waals surface area contributed by atoms with Crippen LogP contribution in [-0.4, -0.2) is 14.1 Å². The highest BCUT2D eigenvalue weighted by molar-refractivity contribution is 6.74. The molecule has 3 aromatic carbocycles. The molecule has 0 atom stereocenters. The Morgan fingerprint density at radius 3 is 2.32 bits per heavy atom. The topological polar surface area (TPSA) is 69.7 Å². The Labute approximate surface area is 216 Å². The van der Waals surface area contributed by atoms with E-state index in [1.165, 1.54) is 6.07 Å². The van der Waals surface area contributed by atoms with E-state index in [4.69, 9.17) is 13.3 Å². The van der Waals surface area contributed by atoms with Gasteiger partial charge in [0.25, 0.3) is 0 Å². The smallest absolute Gasteiger partial charge is 0.336 e. The molecule has 0 aliphatic carbocycles. The molecule has 0 N–H and O–H groups in total. The third-order valence-electron chi connectivity index (χ3n) is 7.31. The fourth-order valence-electron chi connectivity index (χ4n) is 4.28. The van der Waals surface area contributed by atoms with Crippen LogP contribution in [0.3, 0.4) is 0 Å². The second kappa shape index (κ2) is 8.89. The quantitative estimate of drug-likeness (QED) is 0.136. The van der Waals surface area contributed by atoms with E-state index in [9.17, 15) is 9.59 Å². The second-order valence-corrected chi connectivity index (χ2v) is 15.7. The molecule has 5 aromatic rings. The lowest BCUT2D eigenvalue weighted by Gasteiger charge is -2.36. The first kappa shape index (κ1) is 24.8. The average molecular weight is 511 g/mol. The number of hydrogen-bond donors (Lipinski definition) is 0. The maximum Gasteiger partial charge on any atom is 0.336 e. The van der Waals surface area contributed by atoms with Gasteiger partial charge in [0.15, 0.2) is 5.76 Å². The van der Waals surface area contributed by atoms with Gasteiger partial charge in [-0.05, 0) is 60.4 Å². The van der Waals surface area contributed by atoms with Gasteiger partial charge in [-0.25, -0.2) is 4.79 Å². The van der Waals surface area contributed by atoms with E-state index in [0.717, 1.165) is 16.5 Å². The number of benzene rings is 3. The van der Waals surface area contributed by atoms with Gasteiger partial charge < -0.3 is 13.3 Å². The molecule has 5 nitrogen and oxygen atoms in total. The van der Waals surface area contributed by atoms with Crippen LogP contribution in [0.4, 0.5) is 0 Å². The van der Waals surface area contributed by atoms with E-state index < -0.39 is 13.9 Å². The molecule has 0 unspecified atom stereocenters. The van der Waals surface area contributed by atoms with Crippen LogP contribution in [0.15, 0.2) is 86.4 Å². The normalized spacial score (nSPS) is 12.3. The number of carbonyl (C=O) groups is 1. The van der Waals surface area contributed by atoms with Gasteiger partial charge in [0.1, 0.15) is 16.9 Å². The summed E-state index contributed by atoms with van der Waals surface area (Å²) in [6.07, 6.45) is 0. The summed E-state index contributed by atoms with van der Waals surface area (Å²) in [6, 6.07) is 22.0. The predicted molar refractivity (Wildman–Crippen MR) is 150 cm³/mol. The molecule has 0 radical (unpaired) electrons. The molecule has 0 saturated carbocycles. The molecular formula is C31H30O5Si. The predicted octanol–water partition coefficient (Wildman–Crippen LogP) is 8.13. The molecule has 2 aromatic heterocycles. The van der Waals surface area contributed by atoms with Crippen LogP contribution in [0.2, 0.25) is 18.1 Å². The molecule has 0 aliphatic rings. The zero-order chi connectivity index (χ0) is 26.5. The maximum atomic E-state index is 14.0. The molecule has 0 saturated heterocycles. The van der Waals surface area contributed by atoms with E-state index in [-0.39, 0.29) is 16.6 Å². The van der Waals surface area contributed by atoms with Crippen molar-refractivity contribution in [1.29, 1.82) is 0 Å². The molecule has 188 valence electrons. The van der Waals surface area contributed by atoms with E-state index in [0.29, 0.717) is 33.4 Å². The molecule has 6 heteroatoms. The molecule has 37 heavy (non-hydrogen) atoms. The summed E-state index contributed by atoms with van der Waals surface area (Å²) in [5, 5.41) is 1.44. The lowest BCUT2D eigenvalue weighted by molar-refractivity contribution is 0.101. The molecule has 0 fully saturated rings. The second-order valence-electron chi connectivity index (χ2n) is 11.0. The van der Waals surface area contributed by atoms with Crippen molar-refractivity contribution in [2.24, 2.45) is 0 Å². The van der Waals surface area contributed by atoms with Crippen LogP contribution in [0.5, 0.6) is 5.75 Å². The third kappa shape index (κ3) is 4.42. The summed E-state index contributed by atoms with van der Waals surface area (Å²) in [6.45, 7) is 12.8. The van der Waals surface area contributed by atoms with Gasteiger partial charge >= 0.3 is 5.63 Å². The molecule has 2 heterocycles. The van der Waals surface area contributed by atoms with Crippen LogP contribution in [0, 0.1) is 6.92 Å². The van der Waals surface area contributed by atoms with Crippen LogP contribution in [-0.2, 0) is 0 Å². The zero-order valence-electron chi connectivity index (χ0n) is 22.0. The number of hydrogen-bond acceptors (Lipinski definition) is 5. The van der Waals surface area contributed by atoms with E-state index in [2.05, 4.69) is 33.9 Å². The molecule has 0 aliphatic heterocycles. The first-order valence-electron chi connectivity index (χ1n) is 12.4. The minimum atomic E-state index is -2.09. The van der Waals surface area contributed by atoms with Gasteiger partial charge in [-0.1, -0.05) is 63.2 Å². The number of furan rings is 1.